The predicted octanol–water partition coefficient (Wildman–Crippen LogP) is 9.42. The van der Waals surface area contributed by atoms with Crippen LogP contribution in [0.15, 0.2) is 0 Å². The highest BCUT2D eigenvalue weighted by molar-refractivity contribution is 4.84. The maximum atomic E-state index is 2.52. The normalized spacial score (nSPS) is 19.8. The third kappa shape index (κ3) is 11.0. The van der Waals surface area contributed by atoms with Crippen LogP contribution in [0.4, 0.5) is 0 Å². The summed E-state index contributed by atoms with van der Waals surface area (Å²) in [6.07, 6.45) is 22.2. The highest BCUT2D eigenvalue weighted by Gasteiger charge is 2.32. The minimum absolute atomic E-state index is 0.719. The van der Waals surface area contributed by atoms with E-state index < -0.39 is 0 Å². The molecule has 0 saturated heterocycles. The van der Waals surface area contributed by atoms with Crippen LogP contribution in [0.5, 0.6) is 0 Å². The molecule has 0 bridgehead atoms. The molecule has 1 aliphatic carbocycles. The van der Waals surface area contributed by atoms with Crippen LogP contribution >= 0.6 is 0 Å². The van der Waals surface area contributed by atoms with Crippen molar-refractivity contribution in [2.45, 2.75) is 138 Å². The second kappa shape index (κ2) is 13.2. The first-order valence-corrected chi connectivity index (χ1v) is 12.3. The van der Waals surface area contributed by atoms with Gasteiger partial charge >= 0.3 is 0 Å². The van der Waals surface area contributed by atoms with Gasteiger partial charge in [0.15, 0.2) is 0 Å². The summed E-state index contributed by atoms with van der Waals surface area (Å²) in [5, 5.41) is 0. The van der Waals surface area contributed by atoms with Crippen LogP contribution in [0.25, 0.3) is 0 Å². The van der Waals surface area contributed by atoms with Crippen molar-refractivity contribution in [1.82, 2.24) is 0 Å². The Morgan fingerprint density at radius 2 is 0.962 bits per heavy atom. The molecule has 0 aromatic heterocycles. The first-order valence-electron chi connectivity index (χ1n) is 12.3. The average molecular weight is 365 g/mol. The molecule has 0 nitrogen and oxygen atoms in total. The second-order valence-electron chi connectivity index (χ2n) is 11.0. The maximum Gasteiger partial charge on any atom is -0.0297 e. The van der Waals surface area contributed by atoms with Gasteiger partial charge in [-0.3, -0.25) is 0 Å². The second-order valence-corrected chi connectivity index (χ2v) is 11.0. The Balaban J connectivity index is 2.36. The zero-order valence-corrected chi connectivity index (χ0v) is 19.4. The van der Waals surface area contributed by atoms with Gasteiger partial charge in [0.05, 0.1) is 0 Å². The fourth-order valence-electron chi connectivity index (χ4n) is 5.07. The number of rotatable bonds is 14. The van der Waals surface area contributed by atoms with Gasteiger partial charge in [0.1, 0.15) is 0 Å². The smallest absolute Gasteiger partial charge is 0.0297 e. The van der Waals surface area contributed by atoms with Crippen molar-refractivity contribution in [1.29, 1.82) is 0 Å². The predicted molar refractivity (Wildman–Crippen MR) is 120 cm³/mol. The van der Waals surface area contributed by atoms with Crippen LogP contribution in [0.1, 0.15) is 138 Å². The van der Waals surface area contributed by atoms with Gasteiger partial charge in [-0.15, -0.1) is 0 Å². The van der Waals surface area contributed by atoms with Crippen molar-refractivity contribution in [2.24, 2.45) is 29.1 Å². The summed E-state index contributed by atoms with van der Waals surface area (Å²) in [6, 6.07) is 0. The lowest BCUT2D eigenvalue weighted by atomic mass is 9.66. The van der Waals surface area contributed by atoms with Gasteiger partial charge < -0.3 is 0 Å². The Bertz CT molecular complexity index is 295. The average Bonchev–Trinajstić information content (AvgIpc) is 2.59. The summed E-state index contributed by atoms with van der Waals surface area (Å²) in [4.78, 5) is 0. The van der Waals surface area contributed by atoms with Crippen LogP contribution in [-0.2, 0) is 0 Å². The fraction of sp³-hybridized carbons (Fsp3) is 1.00. The van der Waals surface area contributed by atoms with Crippen LogP contribution < -0.4 is 0 Å². The summed E-state index contributed by atoms with van der Waals surface area (Å²) in [5.74, 6) is 3.64. The molecule has 0 aromatic rings. The van der Waals surface area contributed by atoms with E-state index in [1.165, 1.54) is 96.3 Å². The Morgan fingerprint density at radius 1 is 0.538 bits per heavy atom. The molecule has 0 aromatic carbocycles. The van der Waals surface area contributed by atoms with Crippen LogP contribution in [0, 0.1) is 29.1 Å². The van der Waals surface area contributed by atoms with E-state index in [0.717, 1.165) is 29.1 Å². The van der Waals surface area contributed by atoms with Crippen molar-refractivity contribution >= 4 is 0 Å². The van der Waals surface area contributed by atoms with Crippen molar-refractivity contribution < 1.29 is 0 Å². The summed E-state index contributed by atoms with van der Waals surface area (Å²) < 4.78 is 0. The lowest BCUT2D eigenvalue weighted by molar-refractivity contribution is 0.132. The van der Waals surface area contributed by atoms with Gasteiger partial charge in [-0.1, -0.05) is 112 Å². The molecule has 0 spiro atoms. The van der Waals surface area contributed by atoms with Crippen molar-refractivity contribution in [3.63, 3.8) is 0 Å². The zero-order valence-electron chi connectivity index (χ0n) is 19.4. The summed E-state index contributed by atoms with van der Waals surface area (Å²) in [7, 11) is 0. The zero-order chi connectivity index (χ0) is 19.4. The molecule has 2 unspecified atom stereocenters. The summed E-state index contributed by atoms with van der Waals surface area (Å²) in [5.41, 5.74) is 0.719. The minimum Gasteiger partial charge on any atom is -0.0628 e. The highest BCUT2D eigenvalue weighted by Crippen LogP contribution is 2.45. The topological polar surface area (TPSA) is 0 Å². The monoisotopic (exact) mass is 364 g/mol. The van der Waals surface area contributed by atoms with Crippen LogP contribution in [0.3, 0.4) is 0 Å². The molecular formula is C26H52. The first-order chi connectivity index (χ1) is 12.3. The molecule has 0 heteroatoms. The van der Waals surface area contributed by atoms with Gasteiger partial charge in [0, 0.05) is 0 Å². The summed E-state index contributed by atoms with van der Waals surface area (Å²) >= 11 is 0. The van der Waals surface area contributed by atoms with Gasteiger partial charge in [-0.25, -0.2) is 0 Å². The molecule has 0 heterocycles. The molecule has 1 aliphatic rings. The molecule has 1 rings (SSSR count). The molecule has 0 amide bonds. The van der Waals surface area contributed by atoms with E-state index in [1.54, 1.807) is 0 Å². The van der Waals surface area contributed by atoms with Gasteiger partial charge in [0.2, 0.25) is 0 Å². The third-order valence-corrected chi connectivity index (χ3v) is 7.21. The van der Waals surface area contributed by atoms with E-state index >= 15 is 0 Å². The molecule has 156 valence electrons. The Morgan fingerprint density at radius 3 is 1.35 bits per heavy atom. The fourth-order valence-corrected chi connectivity index (χ4v) is 5.07. The largest absolute Gasteiger partial charge is 0.0628 e. The molecule has 0 N–H and O–H groups in total. The van der Waals surface area contributed by atoms with Crippen LogP contribution in [-0.4, -0.2) is 0 Å². The van der Waals surface area contributed by atoms with Crippen molar-refractivity contribution in [3.05, 3.63) is 0 Å². The van der Waals surface area contributed by atoms with Gasteiger partial charge in [-0.05, 0) is 54.8 Å². The Hall–Kier alpha value is 0. The van der Waals surface area contributed by atoms with Gasteiger partial charge in [0.25, 0.3) is 0 Å². The molecule has 2 atom stereocenters. The summed E-state index contributed by atoms with van der Waals surface area (Å²) in [6.45, 7) is 14.5. The van der Waals surface area contributed by atoms with Crippen molar-refractivity contribution in [2.75, 3.05) is 0 Å². The van der Waals surface area contributed by atoms with E-state index in [9.17, 15) is 0 Å². The molecule has 0 aliphatic heterocycles. The van der Waals surface area contributed by atoms with E-state index in [0.29, 0.717) is 0 Å². The van der Waals surface area contributed by atoms with Crippen LogP contribution in [0.2, 0.25) is 0 Å². The van der Waals surface area contributed by atoms with E-state index in [-0.39, 0.29) is 0 Å². The van der Waals surface area contributed by atoms with E-state index in [4.69, 9.17) is 0 Å². The Kier molecular flexibility index (Phi) is 12.2. The lowest BCUT2D eigenvalue weighted by Gasteiger charge is -2.39. The number of hydrogen-bond acceptors (Lipinski definition) is 0. The quantitative estimate of drug-likeness (QED) is 0.288. The molecular weight excluding hydrogens is 312 g/mol. The molecule has 1 saturated carbocycles. The van der Waals surface area contributed by atoms with E-state index in [1.807, 2.05) is 0 Å². The first kappa shape index (κ1) is 24.0. The lowest BCUT2D eigenvalue weighted by Crippen LogP contribution is -2.25. The Labute approximate surface area is 167 Å². The van der Waals surface area contributed by atoms with E-state index in [2.05, 4.69) is 41.5 Å². The number of hydrogen-bond donors (Lipinski definition) is 0. The molecule has 0 radical (unpaired) electrons. The molecule has 26 heavy (non-hydrogen) atoms. The standard InChI is InChI=1S/C26H52/c1-22(2)12-10-14-24(5)16-20-26(18-8-7-9-19-26)21-17-25(6)15-11-13-23(3)4/h22-25H,7-21H2,1-6H3. The van der Waals surface area contributed by atoms with Gasteiger partial charge in [-0.2, -0.15) is 0 Å². The minimum atomic E-state index is 0.719. The third-order valence-electron chi connectivity index (χ3n) is 7.21. The highest BCUT2D eigenvalue weighted by atomic mass is 14.4. The van der Waals surface area contributed by atoms with Crippen molar-refractivity contribution in [3.8, 4) is 0 Å². The SMILES string of the molecule is CC(C)CCCC(C)CCC1(CCC(C)CCCC(C)C)CCCCC1. The molecule has 1 fully saturated rings. The maximum absolute atomic E-state index is 2.52.